The van der Waals surface area contributed by atoms with Crippen LogP contribution in [0.15, 0.2) is 4.99 Å². The molecule has 0 radical (unpaired) electrons. The number of aliphatic imine (C=N–C) groups is 1. The van der Waals surface area contributed by atoms with E-state index in [1.807, 2.05) is 11.8 Å². The number of nitrogens with zero attached hydrogens (tertiary/aromatic N) is 1. The molecule has 0 saturated heterocycles. The molecule has 1 heterocycles. The zero-order chi connectivity index (χ0) is 10.7. The summed E-state index contributed by atoms with van der Waals surface area (Å²) in [7, 11) is 0. The van der Waals surface area contributed by atoms with Gasteiger partial charge in [0.25, 0.3) is 0 Å². The van der Waals surface area contributed by atoms with E-state index in [-0.39, 0.29) is 0 Å². The average Bonchev–Trinajstić information content (AvgIpc) is 2.65. The first-order valence-corrected chi connectivity index (χ1v) is 7.25. The van der Waals surface area contributed by atoms with Gasteiger partial charge in [-0.2, -0.15) is 0 Å². The fraction of sp³-hybridized carbons (Fsp3) is 0.917. The predicted molar refractivity (Wildman–Crippen MR) is 68.5 cm³/mol. The Morgan fingerprint density at radius 2 is 2.40 bits per heavy atom. The van der Waals surface area contributed by atoms with Crippen LogP contribution in [0.1, 0.15) is 46.0 Å². The van der Waals surface area contributed by atoms with Gasteiger partial charge in [0.05, 0.1) is 6.04 Å². The Hall–Kier alpha value is -0.180. The molecule has 86 valence electrons. The predicted octanol–water partition coefficient (Wildman–Crippen LogP) is 3.04. The lowest BCUT2D eigenvalue weighted by atomic mass is 10.1. The summed E-state index contributed by atoms with van der Waals surface area (Å²) in [5, 5.41) is 4.75. The number of amidine groups is 1. The Labute approximate surface area is 97.3 Å². The smallest absolute Gasteiger partial charge is 0.157 e. The second kappa shape index (κ2) is 5.24. The summed E-state index contributed by atoms with van der Waals surface area (Å²) in [6.45, 7) is 4.49. The number of rotatable bonds is 3. The Morgan fingerprint density at radius 1 is 1.53 bits per heavy atom. The molecule has 2 aliphatic rings. The lowest BCUT2D eigenvalue weighted by Crippen LogP contribution is -2.35. The van der Waals surface area contributed by atoms with Crippen molar-refractivity contribution in [2.45, 2.75) is 58.0 Å². The molecule has 3 heteroatoms. The zero-order valence-electron chi connectivity index (χ0n) is 9.83. The number of fused-ring (bicyclic) bond motifs is 1. The lowest BCUT2D eigenvalue weighted by molar-refractivity contribution is 0.527. The van der Waals surface area contributed by atoms with Crippen LogP contribution in [0.25, 0.3) is 0 Å². The molecule has 1 fully saturated rings. The van der Waals surface area contributed by atoms with E-state index in [0.29, 0.717) is 12.1 Å². The van der Waals surface area contributed by atoms with Gasteiger partial charge in [-0.25, -0.2) is 0 Å². The van der Waals surface area contributed by atoms with Gasteiger partial charge < -0.3 is 5.32 Å². The molecule has 15 heavy (non-hydrogen) atoms. The van der Waals surface area contributed by atoms with Crippen molar-refractivity contribution in [3.63, 3.8) is 0 Å². The van der Waals surface area contributed by atoms with Gasteiger partial charge in [-0.05, 0) is 32.1 Å². The van der Waals surface area contributed by atoms with E-state index in [2.05, 4.69) is 19.2 Å². The molecule has 0 spiro atoms. The van der Waals surface area contributed by atoms with Crippen molar-refractivity contribution in [3.05, 3.63) is 0 Å². The highest BCUT2D eigenvalue weighted by molar-refractivity contribution is 8.13. The van der Waals surface area contributed by atoms with Gasteiger partial charge in [0, 0.05) is 11.8 Å². The number of nitrogens with one attached hydrogen (secondary N) is 1. The molecule has 2 nitrogen and oxygen atoms in total. The molecular weight excluding hydrogens is 204 g/mol. The van der Waals surface area contributed by atoms with E-state index >= 15 is 0 Å². The first kappa shape index (κ1) is 11.3. The maximum absolute atomic E-state index is 4.83. The molecule has 2 rings (SSSR count). The minimum absolute atomic E-state index is 0.583. The summed E-state index contributed by atoms with van der Waals surface area (Å²) in [5.74, 6) is 2.16. The largest absolute Gasteiger partial charge is 0.362 e. The zero-order valence-corrected chi connectivity index (χ0v) is 10.6. The molecule has 0 bridgehead atoms. The molecule has 0 amide bonds. The van der Waals surface area contributed by atoms with Crippen molar-refractivity contribution in [1.82, 2.24) is 5.32 Å². The van der Waals surface area contributed by atoms with Crippen molar-refractivity contribution in [2.24, 2.45) is 10.9 Å². The quantitative estimate of drug-likeness (QED) is 0.800. The molecule has 1 saturated carbocycles. The van der Waals surface area contributed by atoms with Gasteiger partial charge in [-0.15, -0.1) is 0 Å². The van der Waals surface area contributed by atoms with Gasteiger partial charge in [0.1, 0.15) is 0 Å². The molecule has 3 unspecified atom stereocenters. The van der Waals surface area contributed by atoms with E-state index in [0.717, 1.165) is 5.92 Å². The Bertz CT molecular complexity index is 240. The molecule has 0 aromatic rings. The van der Waals surface area contributed by atoms with Crippen molar-refractivity contribution in [2.75, 3.05) is 5.75 Å². The molecule has 0 aromatic carbocycles. The highest BCUT2D eigenvalue weighted by atomic mass is 32.2. The van der Waals surface area contributed by atoms with Gasteiger partial charge in [0.15, 0.2) is 5.17 Å². The first-order valence-electron chi connectivity index (χ1n) is 6.26. The van der Waals surface area contributed by atoms with Gasteiger partial charge >= 0.3 is 0 Å². The van der Waals surface area contributed by atoms with E-state index < -0.39 is 0 Å². The number of hydrogen-bond donors (Lipinski definition) is 1. The van der Waals surface area contributed by atoms with Gasteiger partial charge in [-0.3, -0.25) is 4.99 Å². The molecule has 1 N–H and O–H groups in total. The normalized spacial score (nSPS) is 32.0. The molecule has 0 aromatic heterocycles. The fourth-order valence-electron chi connectivity index (χ4n) is 2.55. The highest BCUT2D eigenvalue weighted by Crippen LogP contribution is 2.35. The summed E-state index contributed by atoms with van der Waals surface area (Å²) in [5.41, 5.74) is 0. The second-order valence-electron chi connectivity index (χ2n) is 4.84. The summed E-state index contributed by atoms with van der Waals surface area (Å²) < 4.78 is 0. The molecular formula is C12H22N2S. The van der Waals surface area contributed by atoms with Crippen molar-refractivity contribution >= 4 is 16.9 Å². The maximum Gasteiger partial charge on any atom is 0.157 e. The van der Waals surface area contributed by atoms with Crippen LogP contribution in [0, 0.1) is 5.92 Å². The summed E-state index contributed by atoms with van der Waals surface area (Å²) in [6.07, 6.45) is 6.60. The van der Waals surface area contributed by atoms with Crippen LogP contribution < -0.4 is 5.32 Å². The van der Waals surface area contributed by atoms with Crippen LogP contribution in [-0.4, -0.2) is 23.0 Å². The lowest BCUT2D eigenvalue weighted by Gasteiger charge is -2.25. The molecule has 3 atom stereocenters. The summed E-state index contributed by atoms with van der Waals surface area (Å²) in [4.78, 5) is 4.83. The Kier molecular flexibility index (Phi) is 3.95. The second-order valence-corrected chi connectivity index (χ2v) is 5.85. The summed E-state index contributed by atoms with van der Waals surface area (Å²) >= 11 is 1.93. The SMILES string of the molecule is CCCC(C)NC1=NC2CCCC2CS1. The minimum atomic E-state index is 0.583. The number of hydrogen-bond acceptors (Lipinski definition) is 3. The van der Waals surface area contributed by atoms with E-state index in [1.54, 1.807) is 0 Å². The van der Waals surface area contributed by atoms with E-state index in [4.69, 9.17) is 4.99 Å². The van der Waals surface area contributed by atoms with Crippen molar-refractivity contribution in [3.8, 4) is 0 Å². The third-order valence-corrected chi connectivity index (χ3v) is 4.52. The molecule has 1 aliphatic heterocycles. The van der Waals surface area contributed by atoms with Crippen LogP contribution >= 0.6 is 11.8 Å². The van der Waals surface area contributed by atoms with Crippen molar-refractivity contribution < 1.29 is 0 Å². The van der Waals surface area contributed by atoms with Crippen LogP contribution in [-0.2, 0) is 0 Å². The van der Waals surface area contributed by atoms with E-state index in [9.17, 15) is 0 Å². The van der Waals surface area contributed by atoms with Crippen LogP contribution in [0.3, 0.4) is 0 Å². The van der Waals surface area contributed by atoms with Gasteiger partial charge in [-0.1, -0.05) is 31.5 Å². The van der Waals surface area contributed by atoms with Gasteiger partial charge in [0.2, 0.25) is 0 Å². The first-order chi connectivity index (χ1) is 7.29. The topological polar surface area (TPSA) is 24.4 Å². The maximum atomic E-state index is 4.83. The third kappa shape index (κ3) is 2.90. The third-order valence-electron chi connectivity index (χ3n) is 3.43. The van der Waals surface area contributed by atoms with Crippen LogP contribution in [0.2, 0.25) is 0 Å². The van der Waals surface area contributed by atoms with Crippen LogP contribution in [0.5, 0.6) is 0 Å². The van der Waals surface area contributed by atoms with Crippen LogP contribution in [0.4, 0.5) is 0 Å². The van der Waals surface area contributed by atoms with E-state index in [1.165, 1.54) is 43.0 Å². The number of thioether (sulfide) groups is 1. The molecule has 1 aliphatic carbocycles. The Balaban J connectivity index is 1.87. The summed E-state index contributed by atoms with van der Waals surface area (Å²) in [6, 6.07) is 1.22. The fourth-order valence-corrected chi connectivity index (χ4v) is 3.81. The monoisotopic (exact) mass is 226 g/mol. The minimum Gasteiger partial charge on any atom is -0.362 e. The van der Waals surface area contributed by atoms with Crippen molar-refractivity contribution in [1.29, 1.82) is 0 Å². The Morgan fingerprint density at radius 3 is 3.20 bits per heavy atom. The average molecular weight is 226 g/mol. The highest BCUT2D eigenvalue weighted by Gasteiger charge is 2.31. The standard InChI is InChI=1S/C12H22N2S/c1-3-5-9(2)13-12-14-11-7-4-6-10(11)8-15-12/h9-11H,3-8H2,1-2H3,(H,13,14).